The standard InChI is InChI=1S/C46H43N/c1-44(2,3)32-22-27-39-37(28-32)43-40(45(39,4)5)18-13-19-42(43)47(33-23-20-31(21-24-33)30-14-9-8-10-15-30)34-25-26-36-35-16-11-12-17-38(35)46(6,7)41(36)29-34/h8-29H,1-7H3. The third kappa shape index (κ3) is 4.51. The topological polar surface area (TPSA) is 3.24 Å². The van der Waals surface area contributed by atoms with Crippen LogP contribution in [0.5, 0.6) is 0 Å². The molecule has 0 amide bonds. The second kappa shape index (κ2) is 10.3. The summed E-state index contributed by atoms with van der Waals surface area (Å²) in [6.07, 6.45) is 0. The van der Waals surface area contributed by atoms with E-state index in [1.807, 2.05) is 0 Å². The third-order valence-corrected chi connectivity index (χ3v) is 10.8. The fourth-order valence-electron chi connectivity index (χ4n) is 8.13. The van der Waals surface area contributed by atoms with Crippen molar-refractivity contribution in [3.05, 3.63) is 161 Å². The van der Waals surface area contributed by atoms with Gasteiger partial charge >= 0.3 is 0 Å². The van der Waals surface area contributed by atoms with E-state index in [4.69, 9.17) is 0 Å². The van der Waals surface area contributed by atoms with Gasteiger partial charge in [0.1, 0.15) is 0 Å². The van der Waals surface area contributed by atoms with Crippen molar-refractivity contribution >= 4 is 17.1 Å². The van der Waals surface area contributed by atoms with Gasteiger partial charge in [0.15, 0.2) is 0 Å². The molecule has 2 aliphatic rings. The average molecular weight is 610 g/mol. The number of benzene rings is 6. The summed E-state index contributed by atoms with van der Waals surface area (Å²) >= 11 is 0. The zero-order valence-electron chi connectivity index (χ0n) is 28.6. The molecule has 0 saturated carbocycles. The van der Waals surface area contributed by atoms with Gasteiger partial charge in [0.25, 0.3) is 0 Å². The Bertz CT molecular complexity index is 2160. The van der Waals surface area contributed by atoms with Crippen LogP contribution in [0, 0.1) is 0 Å². The number of anilines is 3. The number of fused-ring (bicyclic) bond motifs is 6. The molecule has 0 spiro atoms. The molecule has 232 valence electrons. The molecule has 8 rings (SSSR count). The van der Waals surface area contributed by atoms with Gasteiger partial charge in [-0.3, -0.25) is 0 Å². The van der Waals surface area contributed by atoms with E-state index in [9.17, 15) is 0 Å². The Labute approximate surface area is 280 Å². The van der Waals surface area contributed by atoms with Crippen molar-refractivity contribution in [2.75, 3.05) is 4.90 Å². The molecule has 0 unspecified atom stereocenters. The predicted molar refractivity (Wildman–Crippen MR) is 200 cm³/mol. The lowest BCUT2D eigenvalue weighted by atomic mass is 9.80. The number of hydrogen-bond acceptors (Lipinski definition) is 1. The SMILES string of the molecule is CC(C)(C)c1ccc2c(c1)-c1c(N(c3ccc(-c4ccccc4)cc3)c3ccc4c(c3)C(C)(C)c3ccccc3-4)cccc1C2(C)C. The summed E-state index contributed by atoms with van der Waals surface area (Å²) in [5, 5.41) is 0. The molecule has 2 aliphatic carbocycles. The van der Waals surface area contributed by atoms with E-state index in [-0.39, 0.29) is 16.2 Å². The first-order valence-corrected chi connectivity index (χ1v) is 17.0. The van der Waals surface area contributed by atoms with E-state index in [2.05, 4.69) is 187 Å². The highest BCUT2D eigenvalue weighted by atomic mass is 15.1. The molecular formula is C46H43N. The van der Waals surface area contributed by atoms with Crippen LogP contribution in [0.15, 0.2) is 133 Å². The molecule has 0 heterocycles. The van der Waals surface area contributed by atoms with Crippen LogP contribution in [-0.2, 0) is 16.2 Å². The molecule has 0 aromatic heterocycles. The van der Waals surface area contributed by atoms with Gasteiger partial charge in [0.2, 0.25) is 0 Å². The monoisotopic (exact) mass is 609 g/mol. The van der Waals surface area contributed by atoms with Crippen LogP contribution in [0.25, 0.3) is 33.4 Å². The van der Waals surface area contributed by atoms with E-state index in [0.29, 0.717) is 0 Å². The maximum atomic E-state index is 2.50. The average Bonchev–Trinajstić information content (AvgIpc) is 3.45. The van der Waals surface area contributed by atoms with Gasteiger partial charge in [-0.1, -0.05) is 152 Å². The van der Waals surface area contributed by atoms with Gasteiger partial charge in [-0.15, -0.1) is 0 Å². The molecule has 0 bridgehead atoms. The van der Waals surface area contributed by atoms with Gasteiger partial charge in [0, 0.05) is 27.8 Å². The lowest BCUT2D eigenvalue weighted by Gasteiger charge is -2.30. The molecule has 1 heteroatoms. The first kappa shape index (κ1) is 29.5. The molecular weight excluding hydrogens is 567 g/mol. The minimum Gasteiger partial charge on any atom is -0.310 e. The second-order valence-electron chi connectivity index (χ2n) is 15.5. The van der Waals surface area contributed by atoms with Gasteiger partial charge in [-0.25, -0.2) is 0 Å². The van der Waals surface area contributed by atoms with Gasteiger partial charge in [-0.05, 0) is 91.4 Å². The highest BCUT2D eigenvalue weighted by Gasteiger charge is 2.40. The molecule has 0 aliphatic heterocycles. The minimum absolute atomic E-state index is 0.0599. The fourth-order valence-corrected chi connectivity index (χ4v) is 8.13. The van der Waals surface area contributed by atoms with E-state index in [1.54, 1.807) is 0 Å². The Morgan fingerprint density at radius 1 is 0.447 bits per heavy atom. The number of nitrogens with zero attached hydrogens (tertiary/aromatic N) is 1. The van der Waals surface area contributed by atoms with Crippen LogP contribution in [0.2, 0.25) is 0 Å². The van der Waals surface area contributed by atoms with E-state index in [1.165, 1.54) is 72.6 Å². The van der Waals surface area contributed by atoms with Gasteiger partial charge in [0.05, 0.1) is 5.69 Å². The molecule has 0 atom stereocenters. The van der Waals surface area contributed by atoms with Crippen LogP contribution < -0.4 is 4.90 Å². The Morgan fingerprint density at radius 3 is 1.79 bits per heavy atom. The molecule has 0 N–H and O–H groups in total. The van der Waals surface area contributed by atoms with Crippen molar-refractivity contribution in [3.63, 3.8) is 0 Å². The van der Waals surface area contributed by atoms with Crippen molar-refractivity contribution in [1.82, 2.24) is 0 Å². The van der Waals surface area contributed by atoms with Crippen molar-refractivity contribution in [1.29, 1.82) is 0 Å². The zero-order valence-corrected chi connectivity index (χ0v) is 28.6. The normalized spacial score (nSPS) is 15.0. The molecule has 0 saturated heterocycles. The minimum atomic E-state index is -0.0957. The predicted octanol–water partition coefficient (Wildman–Crippen LogP) is 12.7. The summed E-state index contributed by atoms with van der Waals surface area (Å²) < 4.78 is 0. The van der Waals surface area contributed by atoms with Gasteiger partial charge < -0.3 is 4.90 Å². The molecule has 6 aromatic rings. The van der Waals surface area contributed by atoms with E-state index in [0.717, 1.165) is 5.69 Å². The molecule has 1 nitrogen and oxygen atoms in total. The maximum Gasteiger partial charge on any atom is 0.0543 e. The largest absolute Gasteiger partial charge is 0.310 e. The Morgan fingerprint density at radius 2 is 1.04 bits per heavy atom. The van der Waals surface area contributed by atoms with Crippen molar-refractivity contribution in [2.24, 2.45) is 0 Å². The summed E-state index contributed by atoms with van der Waals surface area (Å²) in [7, 11) is 0. The summed E-state index contributed by atoms with van der Waals surface area (Å²) in [4.78, 5) is 2.50. The smallest absolute Gasteiger partial charge is 0.0543 e. The first-order chi connectivity index (χ1) is 22.5. The third-order valence-electron chi connectivity index (χ3n) is 10.8. The highest BCUT2D eigenvalue weighted by molar-refractivity contribution is 5.96. The molecule has 0 fully saturated rings. The van der Waals surface area contributed by atoms with E-state index < -0.39 is 0 Å². The zero-order chi connectivity index (χ0) is 32.7. The van der Waals surface area contributed by atoms with Crippen LogP contribution >= 0.6 is 0 Å². The summed E-state index contributed by atoms with van der Waals surface area (Å²) in [5.41, 5.74) is 18.2. The van der Waals surface area contributed by atoms with Crippen molar-refractivity contribution in [3.8, 4) is 33.4 Å². The van der Waals surface area contributed by atoms with Crippen LogP contribution in [0.4, 0.5) is 17.1 Å². The molecule has 47 heavy (non-hydrogen) atoms. The number of hydrogen-bond donors (Lipinski definition) is 0. The van der Waals surface area contributed by atoms with Crippen LogP contribution in [0.3, 0.4) is 0 Å². The summed E-state index contributed by atoms with van der Waals surface area (Å²) in [5.74, 6) is 0. The first-order valence-electron chi connectivity index (χ1n) is 17.0. The quantitative estimate of drug-likeness (QED) is 0.192. The van der Waals surface area contributed by atoms with Gasteiger partial charge in [-0.2, -0.15) is 0 Å². The Kier molecular flexibility index (Phi) is 6.48. The number of rotatable bonds is 4. The Hall–Kier alpha value is -4.88. The van der Waals surface area contributed by atoms with Crippen LogP contribution in [-0.4, -0.2) is 0 Å². The lowest BCUT2D eigenvalue weighted by molar-refractivity contribution is 0.589. The second-order valence-corrected chi connectivity index (χ2v) is 15.5. The molecule has 6 aromatic carbocycles. The summed E-state index contributed by atoms with van der Waals surface area (Å²) in [6.45, 7) is 16.4. The van der Waals surface area contributed by atoms with Crippen molar-refractivity contribution < 1.29 is 0 Å². The molecule has 0 radical (unpaired) electrons. The maximum absolute atomic E-state index is 2.50. The highest BCUT2D eigenvalue weighted by Crippen LogP contribution is 2.56. The lowest BCUT2D eigenvalue weighted by Crippen LogP contribution is -2.17. The van der Waals surface area contributed by atoms with Crippen molar-refractivity contribution in [2.45, 2.75) is 64.7 Å². The van der Waals surface area contributed by atoms with Crippen LogP contribution in [0.1, 0.15) is 76.3 Å². The summed E-state index contributed by atoms with van der Waals surface area (Å²) in [6, 6.07) is 49.9. The fraction of sp³-hybridized carbons (Fsp3) is 0.217. The Balaban J connectivity index is 1.37. The van der Waals surface area contributed by atoms with E-state index >= 15 is 0 Å².